The molecule has 0 bridgehead atoms. The molecule has 0 fully saturated rings. The maximum atomic E-state index is 11.6. The fraction of sp³-hybridized carbons (Fsp3) is 0.533. The van der Waals surface area contributed by atoms with Crippen molar-refractivity contribution in [2.45, 2.75) is 39.2 Å². The molecule has 0 aromatic heterocycles. The Morgan fingerprint density at radius 2 is 1.83 bits per heavy atom. The number of carbonyl (C=O) groups excluding carboxylic acids is 1. The van der Waals surface area contributed by atoms with Crippen molar-refractivity contribution in [2.24, 2.45) is 0 Å². The Kier molecular flexibility index (Phi) is 6.44. The summed E-state index contributed by atoms with van der Waals surface area (Å²) < 4.78 is 0. The summed E-state index contributed by atoms with van der Waals surface area (Å²) in [7, 11) is 0. The highest BCUT2D eigenvalue weighted by molar-refractivity contribution is 5.76. The van der Waals surface area contributed by atoms with Gasteiger partial charge in [0.1, 0.15) is 0 Å². The monoisotopic (exact) mass is 248 g/mol. The van der Waals surface area contributed by atoms with Crippen molar-refractivity contribution in [3.05, 3.63) is 35.9 Å². The van der Waals surface area contributed by atoms with Crippen molar-refractivity contribution in [2.75, 3.05) is 13.1 Å². The summed E-state index contributed by atoms with van der Waals surface area (Å²) in [4.78, 5) is 11.6. The molecule has 0 aliphatic carbocycles. The first-order valence-electron chi connectivity index (χ1n) is 6.64. The molecule has 0 saturated heterocycles. The van der Waals surface area contributed by atoms with Gasteiger partial charge in [-0.05, 0) is 11.5 Å². The number of hydrogen-bond donors (Lipinski definition) is 2. The van der Waals surface area contributed by atoms with Crippen LogP contribution in [0, 0.1) is 0 Å². The molecule has 0 aliphatic rings. The molecule has 1 amide bonds. The quantitative estimate of drug-likeness (QED) is 0.777. The third-order valence-electron chi connectivity index (χ3n) is 2.88. The zero-order chi connectivity index (χ0) is 13.4. The lowest BCUT2D eigenvalue weighted by Gasteiger charge is -2.13. The predicted octanol–water partition coefficient (Wildman–Crippen LogP) is 2.29. The largest absolute Gasteiger partial charge is 0.355 e. The van der Waals surface area contributed by atoms with Crippen LogP contribution in [0.3, 0.4) is 0 Å². The highest BCUT2D eigenvalue weighted by Crippen LogP contribution is 2.12. The highest BCUT2D eigenvalue weighted by Gasteiger charge is 2.07. The second kappa shape index (κ2) is 7.88. The van der Waals surface area contributed by atoms with Crippen LogP contribution in [0.1, 0.15) is 38.7 Å². The SMILES string of the molecule is CC(C)NCCC(=O)NCC(C)c1ccccc1. The molecule has 3 nitrogen and oxygen atoms in total. The molecule has 0 radical (unpaired) electrons. The first-order valence-corrected chi connectivity index (χ1v) is 6.64. The zero-order valence-electron chi connectivity index (χ0n) is 11.6. The minimum Gasteiger partial charge on any atom is -0.355 e. The average Bonchev–Trinajstić information content (AvgIpc) is 2.36. The molecular formula is C15H24N2O. The maximum absolute atomic E-state index is 11.6. The lowest BCUT2D eigenvalue weighted by atomic mass is 10.0. The lowest BCUT2D eigenvalue weighted by molar-refractivity contribution is -0.121. The van der Waals surface area contributed by atoms with Crippen molar-refractivity contribution in [1.82, 2.24) is 10.6 Å². The van der Waals surface area contributed by atoms with Gasteiger partial charge in [-0.2, -0.15) is 0 Å². The molecule has 18 heavy (non-hydrogen) atoms. The molecule has 1 aromatic rings. The van der Waals surface area contributed by atoms with Gasteiger partial charge in [0, 0.05) is 25.6 Å². The second-order valence-electron chi connectivity index (χ2n) is 4.97. The van der Waals surface area contributed by atoms with Crippen LogP contribution < -0.4 is 10.6 Å². The van der Waals surface area contributed by atoms with Crippen molar-refractivity contribution in [3.8, 4) is 0 Å². The van der Waals surface area contributed by atoms with Crippen LogP contribution in [0.15, 0.2) is 30.3 Å². The van der Waals surface area contributed by atoms with E-state index >= 15 is 0 Å². The summed E-state index contributed by atoms with van der Waals surface area (Å²) in [5, 5.41) is 6.21. The number of hydrogen-bond acceptors (Lipinski definition) is 2. The van der Waals surface area contributed by atoms with Crippen molar-refractivity contribution in [1.29, 1.82) is 0 Å². The van der Waals surface area contributed by atoms with Crippen molar-refractivity contribution < 1.29 is 4.79 Å². The van der Waals surface area contributed by atoms with E-state index in [-0.39, 0.29) is 5.91 Å². The molecule has 0 spiro atoms. The Hall–Kier alpha value is -1.35. The fourth-order valence-corrected chi connectivity index (χ4v) is 1.73. The van der Waals surface area contributed by atoms with E-state index in [4.69, 9.17) is 0 Å². The van der Waals surface area contributed by atoms with Gasteiger partial charge >= 0.3 is 0 Å². The predicted molar refractivity (Wildman–Crippen MR) is 75.6 cm³/mol. The molecule has 1 rings (SSSR count). The topological polar surface area (TPSA) is 41.1 Å². The third-order valence-corrected chi connectivity index (χ3v) is 2.88. The number of amides is 1. The van der Waals surface area contributed by atoms with Gasteiger partial charge < -0.3 is 10.6 Å². The summed E-state index contributed by atoms with van der Waals surface area (Å²) in [5.41, 5.74) is 1.26. The van der Waals surface area contributed by atoms with Crippen LogP contribution >= 0.6 is 0 Å². The molecular weight excluding hydrogens is 224 g/mol. The molecule has 100 valence electrons. The normalized spacial score (nSPS) is 12.4. The Labute approximate surface area is 110 Å². The van der Waals surface area contributed by atoms with Gasteiger partial charge in [0.2, 0.25) is 5.91 Å². The first kappa shape index (κ1) is 14.7. The van der Waals surface area contributed by atoms with Crippen molar-refractivity contribution in [3.63, 3.8) is 0 Å². The van der Waals surface area contributed by atoms with Gasteiger partial charge in [0.15, 0.2) is 0 Å². The molecule has 1 unspecified atom stereocenters. The van der Waals surface area contributed by atoms with Gasteiger partial charge in [-0.1, -0.05) is 51.1 Å². The molecule has 3 heteroatoms. The minimum absolute atomic E-state index is 0.117. The van der Waals surface area contributed by atoms with E-state index in [0.29, 0.717) is 24.9 Å². The van der Waals surface area contributed by atoms with E-state index in [0.717, 1.165) is 6.54 Å². The van der Waals surface area contributed by atoms with Crippen LogP contribution in [-0.4, -0.2) is 25.0 Å². The van der Waals surface area contributed by atoms with Crippen LogP contribution in [0.5, 0.6) is 0 Å². The Bertz CT molecular complexity index is 349. The molecule has 0 heterocycles. The Balaban J connectivity index is 2.22. The second-order valence-corrected chi connectivity index (χ2v) is 4.97. The van der Waals surface area contributed by atoms with Gasteiger partial charge in [-0.15, -0.1) is 0 Å². The first-order chi connectivity index (χ1) is 8.59. The highest BCUT2D eigenvalue weighted by atomic mass is 16.1. The number of rotatable bonds is 7. The van der Waals surface area contributed by atoms with Crippen molar-refractivity contribution >= 4 is 5.91 Å². The van der Waals surface area contributed by atoms with Crippen LogP contribution in [0.25, 0.3) is 0 Å². The van der Waals surface area contributed by atoms with Gasteiger partial charge in [-0.25, -0.2) is 0 Å². The number of carbonyl (C=O) groups is 1. The molecule has 1 atom stereocenters. The zero-order valence-corrected chi connectivity index (χ0v) is 11.6. The molecule has 2 N–H and O–H groups in total. The summed E-state index contributed by atoms with van der Waals surface area (Å²) in [6.45, 7) is 7.72. The standard InChI is InChI=1S/C15H24N2O/c1-12(2)16-10-9-15(18)17-11-13(3)14-7-5-4-6-8-14/h4-8,12-13,16H,9-11H2,1-3H3,(H,17,18). The van der Waals surface area contributed by atoms with E-state index in [1.807, 2.05) is 18.2 Å². The lowest BCUT2D eigenvalue weighted by Crippen LogP contribution is -2.32. The van der Waals surface area contributed by atoms with Crippen LogP contribution in [0.4, 0.5) is 0 Å². The average molecular weight is 248 g/mol. The summed E-state index contributed by atoms with van der Waals surface area (Å²) in [5.74, 6) is 0.471. The van der Waals surface area contributed by atoms with E-state index in [1.54, 1.807) is 0 Å². The minimum atomic E-state index is 0.117. The molecule has 0 saturated carbocycles. The van der Waals surface area contributed by atoms with E-state index < -0.39 is 0 Å². The maximum Gasteiger partial charge on any atom is 0.221 e. The molecule has 1 aromatic carbocycles. The van der Waals surface area contributed by atoms with Gasteiger partial charge in [0.05, 0.1) is 0 Å². The van der Waals surface area contributed by atoms with E-state index in [2.05, 4.69) is 43.5 Å². The van der Waals surface area contributed by atoms with Gasteiger partial charge in [0.25, 0.3) is 0 Å². The number of benzene rings is 1. The number of nitrogens with one attached hydrogen (secondary N) is 2. The van der Waals surface area contributed by atoms with E-state index in [1.165, 1.54) is 5.56 Å². The Morgan fingerprint density at radius 1 is 1.17 bits per heavy atom. The summed E-state index contributed by atoms with van der Waals surface area (Å²) in [6, 6.07) is 10.7. The fourth-order valence-electron chi connectivity index (χ4n) is 1.73. The van der Waals surface area contributed by atoms with E-state index in [9.17, 15) is 4.79 Å². The third kappa shape index (κ3) is 5.82. The Morgan fingerprint density at radius 3 is 2.44 bits per heavy atom. The summed E-state index contributed by atoms with van der Waals surface area (Å²) >= 11 is 0. The smallest absolute Gasteiger partial charge is 0.221 e. The van der Waals surface area contributed by atoms with Crippen LogP contribution in [-0.2, 0) is 4.79 Å². The van der Waals surface area contributed by atoms with Crippen LogP contribution in [0.2, 0.25) is 0 Å². The summed E-state index contributed by atoms with van der Waals surface area (Å²) in [6.07, 6.45) is 0.541. The van der Waals surface area contributed by atoms with Gasteiger partial charge in [-0.3, -0.25) is 4.79 Å². The molecule has 0 aliphatic heterocycles.